The maximum atomic E-state index is 11.1. The Morgan fingerprint density at radius 3 is 3.00 bits per heavy atom. The molecule has 0 aromatic carbocycles. The first-order chi connectivity index (χ1) is 8.22. The van der Waals surface area contributed by atoms with Crippen LogP contribution in [0.3, 0.4) is 0 Å². The molecule has 94 valence electrons. The number of carboxylic acid groups (broad SMARTS) is 1. The fourth-order valence-corrected chi connectivity index (χ4v) is 2.22. The number of rotatable bonds is 5. The summed E-state index contributed by atoms with van der Waals surface area (Å²) in [6, 6.07) is 0. The summed E-state index contributed by atoms with van der Waals surface area (Å²) in [5.74, 6) is -1.15. The van der Waals surface area contributed by atoms with E-state index in [1.165, 1.54) is 6.39 Å². The van der Waals surface area contributed by atoms with Gasteiger partial charge in [0.25, 0.3) is 0 Å². The third kappa shape index (κ3) is 3.36. The summed E-state index contributed by atoms with van der Waals surface area (Å²) in [5, 5.41) is 11.1. The van der Waals surface area contributed by atoms with Crippen LogP contribution in [0.15, 0.2) is 17.0 Å². The first kappa shape index (κ1) is 15.3. The van der Waals surface area contributed by atoms with Gasteiger partial charge in [0.15, 0.2) is 6.39 Å². The Labute approximate surface area is 117 Å². The van der Waals surface area contributed by atoms with E-state index in [9.17, 15) is 9.90 Å². The smallest absolute Gasteiger partial charge is 0.550 e. The summed E-state index contributed by atoms with van der Waals surface area (Å²) in [4.78, 5) is 17.0. The van der Waals surface area contributed by atoms with Crippen LogP contribution in [-0.4, -0.2) is 49.2 Å². The maximum Gasteiger partial charge on any atom is 1.00 e. The number of oxazole rings is 1. The molecule has 0 unspecified atom stereocenters. The van der Waals surface area contributed by atoms with Gasteiger partial charge in [0.2, 0.25) is 0 Å². The summed E-state index contributed by atoms with van der Waals surface area (Å²) >= 11 is 0. The molecular weight excluding hydrogens is 231 g/mol. The van der Waals surface area contributed by atoms with Crippen LogP contribution in [-0.2, 0) is 9.53 Å². The van der Waals surface area contributed by atoms with Crippen LogP contribution >= 0.6 is 0 Å². The molecule has 2 rings (SSSR count). The van der Waals surface area contributed by atoms with Crippen molar-refractivity contribution >= 4 is 5.97 Å². The van der Waals surface area contributed by atoms with Crippen molar-refractivity contribution in [2.45, 2.75) is 5.92 Å². The van der Waals surface area contributed by atoms with Crippen LogP contribution < -0.4 is 24.0 Å². The molecule has 2 heterocycles. The Morgan fingerprint density at radius 2 is 2.44 bits per heavy atom. The number of nitrogens with zero attached hydrogens (tertiary/aromatic N) is 2. The summed E-state index contributed by atoms with van der Waals surface area (Å²) < 4.78 is 10.2. The number of aliphatic carboxylic acids is 1. The summed E-state index contributed by atoms with van der Waals surface area (Å²) in [5.41, 5.74) is 0. The number of methoxy groups -OCH3 is 1. The quantitative estimate of drug-likeness (QED) is 0.494. The van der Waals surface area contributed by atoms with E-state index in [1.54, 1.807) is 13.3 Å². The van der Waals surface area contributed by atoms with Crippen LogP contribution in [0.1, 0.15) is 11.7 Å². The van der Waals surface area contributed by atoms with E-state index in [2.05, 4.69) is 4.98 Å². The first-order valence-electron chi connectivity index (χ1n) is 5.53. The van der Waals surface area contributed by atoms with E-state index >= 15 is 0 Å². The van der Waals surface area contributed by atoms with Gasteiger partial charge in [-0.2, -0.15) is 0 Å². The Bertz CT molecular complexity index is 371. The Balaban J connectivity index is 0.00000162. The molecule has 0 spiro atoms. The maximum absolute atomic E-state index is 11.1. The minimum absolute atomic E-state index is 0. The SMILES string of the molecule is COCCN1C[C@@H](C(=O)[O-])[C@H](c2cnco2)C1.[Li+]. The van der Waals surface area contributed by atoms with E-state index in [1.807, 2.05) is 4.90 Å². The summed E-state index contributed by atoms with van der Waals surface area (Å²) in [6.07, 6.45) is 2.89. The topological polar surface area (TPSA) is 78.6 Å². The zero-order valence-corrected chi connectivity index (χ0v) is 10.7. The Kier molecular flexibility index (Phi) is 5.89. The van der Waals surface area contributed by atoms with Gasteiger partial charge in [-0.15, -0.1) is 0 Å². The van der Waals surface area contributed by atoms with Gasteiger partial charge in [0.1, 0.15) is 5.76 Å². The van der Waals surface area contributed by atoms with Crippen LogP contribution in [0.2, 0.25) is 0 Å². The molecule has 6 nitrogen and oxygen atoms in total. The number of hydrogen-bond donors (Lipinski definition) is 0. The number of aromatic nitrogens is 1. The van der Waals surface area contributed by atoms with Crippen LogP contribution in [0.4, 0.5) is 0 Å². The second-order valence-corrected chi connectivity index (χ2v) is 4.19. The van der Waals surface area contributed by atoms with Gasteiger partial charge in [-0.05, 0) is 0 Å². The van der Waals surface area contributed by atoms with E-state index in [4.69, 9.17) is 9.15 Å². The zero-order valence-electron chi connectivity index (χ0n) is 10.7. The zero-order chi connectivity index (χ0) is 12.3. The second kappa shape index (κ2) is 6.95. The van der Waals surface area contributed by atoms with E-state index in [0.29, 0.717) is 32.0 Å². The predicted molar refractivity (Wildman–Crippen MR) is 56.1 cm³/mol. The molecule has 1 aromatic heterocycles. The molecule has 1 aromatic rings. The predicted octanol–water partition coefficient (Wildman–Crippen LogP) is -3.91. The number of carbonyl (C=O) groups is 1. The minimum atomic E-state index is -1.04. The Morgan fingerprint density at radius 1 is 1.67 bits per heavy atom. The van der Waals surface area contributed by atoms with Gasteiger partial charge in [-0.25, -0.2) is 4.98 Å². The normalized spacial score (nSPS) is 23.8. The molecule has 2 atom stereocenters. The van der Waals surface area contributed by atoms with Gasteiger partial charge < -0.3 is 19.1 Å². The molecule has 0 amide bonds. The molecule has 1 saturated heterocycles. The van der Waals surface area contributed by atoms with Gasteiger partial charge in [-0.3, -0.25) is 4.90 Å². The molecular formula is C11H15LiN2O4. The summed E-state index contributed by atoms with van der Waals surface area (Å²) in [6.45, 7) is 2.40. The number of carboxylic acids is 1. The van der Waals surface area contributed by atoms with Gasteiger partial charge in [-0.1, -0.05) is 0 Å². The molecule has 0 aliphatic carbocycles. The van der Waals surface area contributed by atoms with Gasteiger partial charge in [0.05, 0.1) is 12.8 Å². The van der Waals surface area contributed by atoms with E-state index in [0.717, 1.165) is 0 Å². The number of carbonyl (C=O) groups excluding carboxylic acids is 1. The molecule has 0 N–H and O–H groups in total. The van der Waals surface area contributed by atoms with Crippen molar-refractivity contribution in [3.8, 4) is 0 Å². The van der Waals surface area contributed by atoms with Gasteiger partial charge in [0, 0.05) is 44.5 Å². The van der Waals surface area contributed by atoms with E-state index < -0.39 is 11.9 Å². The molecule has 18 heavy (non-hydrogen) atoms. The first-order valence-corrected chi connectivity index (χ1v) is 5.53. The van der Waals surface area contributed by atoms with Crippen molar-refractivity contribution in [2.75, 3.05) is 33.4 Å². The second-order valence-electron chi connectivity index (χ2n) is 4.19. The van der Waals surface area contributed by atoms with E-state index in [-0.39, 0.29) is 24.8 Å². The molecule has 0 radical (unpaired) electrons. The third-order valence-corrected chi connectivity index (χ3v) is 3.13. The van der Waals surface area contributed by atoms with Crippen LogP contribution in [0.5, 0.6) is 0 Å². The van der Waals surface area contributed by atoms with Crippen molar-refractivity contribution in [2.24, 2.45) is 5.92 Å². The molecule has 0 saturated carbocycles. The molecule has 1 aliphatic rings. The number of hydrogen-bond acceptors (Lipinski definition) is 6. The van der Waals surface area contributed by atoms with Crippen LogP contribution in [0, 0.1) is 5.92 Å². The molecule has 7 heteroatoms. The molecule has 1 aliphatic heterocycles. The standard InChI is InChI=1S/C11H16N2O4.Li/c1-16-3-2-13-5-8(9(6-13)11(14)15)10-4-12-7-17-10;/h4,7-9H,2-3,5-6H2,1H3,(H,14,15);/q;+1/p-1/t8-,9-;/m1./s1. The fraction of sp³-hybridized carbons (Fsp3) is 0.636. The van der Waals surface area contributed by atoms with Crippen molar-refractivity contribution in [3.63, 3.8) is 0 Å². The van der Waals surface area contributed by atoms with Crippen molar-refractivity contribution in [1.82, 2.24) is 9.88 Å². The number of likely N-dealkylation sites (tertiary alicyclic amines) is 1. The van der Waals surface area contributed by atoms with Gasteiger partial charge >= 0.3 is 18.9 Å². The monoisotopic (exact) mass is 246 g/mol. The largest absolute Gasteiger partial charge is 1.00 e. The van der Waals surface area contributed by atoms with Crippen molar-refractivity contribution < 1.29 is 37.9 Å². The summed E-state index contributed by atoms with van der Waals surface area (Å²) in [7, 11) is 1.63. The fourth-order valence-electron chi connectivity index (χ4n) is 2.22. The number of ether oxygens (including phenoxy) is 1. The Hall–Kier alpha value is -0.803. The van der Waals surface area contributed by atoms with Crippen molar-refractivity contribution in [1.29, 1.82) is 0 Å². The van der Waals surface area contributed by atoms with Crippen molar-refractivity contribution in [3.05, 3.63) is 18.4 Å². The van der Waals surface area contributed by atoms with Crippen LogP contribution in [0.25, 0.3) is 0 Å². The molecule has 1 fully saturated rings. The third-order valence-electron chi connectivity index (χ3n) is 3.13. The average molecular weight is 246 g/mol. The molecule has 0 bridgehead atoms. The average Bonchev–Trinajstić information content (AvgIpc) is 2.94. The minimum Gasteiger partial charge on any atom is -0.550 e.